The van der Waals surface area contributed by atoms with Gasteiger partial charge >= 0.3 is 5.97 Å². The SMILES string of the molecule is C=CCN1CC(C)C(OC(=O)c2ccccc2)CC1C. The molecule has 1 aromatic rings. The number of rotatable bonds is 4. The van der Waals surface area contributed by atoms with E-state index >= 15 is 0 Å². The summed E-state index contributed by atoms with van der Waals surface area (Å²) in [6.45, 7) is 9.96. The summed E-state index contributed by atoms with van der Waals surface area (Å²) >= 11 is 0. The van der Waals surface area contributed by atoms with E-state index in [0.717, 1.165) is 19.5 Å². The van der Waals surface area contributed by atoms with Gasteiger partial charge in [0, 0.05) is 31.5 Å². The van der Waals surface area contributed by atoms with E-state index in [1.54, 1.807) is 12.1 Å². The van der Waals surface area contributed by atoms with E-state index in [-0.39, 0.29) is 12.1 Å². The average molecular weight is 273 g/mol. The molecule has 3 atom stereocenters. The highest BCUT2D eigenvalue weighted by Crippen LogP contribution is 2.25. The lowest BCUT2D eigenvalue weighted by Gasteiger charge is -2.40. The van der Waals surface area contributed by atoms with Crippen LogP contribution in [0.1, 0.15) is 30.6 Å². The molecule has 0 aliphatic carbocycles. The maximum atomic E-state index is 12.1. The minimum absolute atomic E-state index is 0.00114. The molecule has 3 unspecified atom stereocenters. The number of hydrogen-bond acceptors (Lipinski definition) is 3. The summed E-state index contributed by atoms with van der Waals surface area (Å²) in [6.07, 6.45) is 2.81. The first-order chi connectivity index (χ1) is 9.61. The van der Waals surface area contributed by atoms with E-state index in [1.807, 2.05) is 24.3 Å². The van der Waals surface area contributed by atoms with Crippen molar-refractivity contribution < 1.29 is 9.53 Å². The summed E-state index contributed by atoms with van der Waals surface area (Å²) in [5.41, 5.74) is 0.626. The van der Waals surface area contributed by atoms with Gasteiger partial charge in [-0.15, -0.1) is 6.58 Å². The van der Waals surface area contributed by atoms with Crippen molar-refractivity contribution in [3.05, 3.63) is 48.6 Å². The molecule has 0 saturated carbocycles. The predicted molar refractivity (Wildman–Crippen MR) is 80.7 cm³/mol. The number of carbonyl (C=O) groups excluding carboxylic acids is 1. The van der Waals surface area contributed by atoms with Crippen LogP contribution in [0.15, 0.2) is 43.0 Å². The van der Waals surface area contributed by atoms with E-state index in [0.29, 0.717) is 17.5 Å². The fourth-order valence-corrected chi connectivity index (χ4v) is 2.75. The molecule has 0 spiro atoms. The molecule has 1 aliphatic heterocycles. The Morgan fingerprint density at radius 1 is 1.40 bits per heavy atom. The first kappa shape index (κ1) is 14.8. The van der Waals surface area contributed by atoms with Gasteiger partial charge in [-0.05, 0) is 19.1 Å². The number of hydrogen-bond donors (Lipinski definition) is 0. The fourth-order valence-electron chi connectivity index (χ4n) is 2.75. The average Bonchev–Trinajstić information content (AvgIpc) is 2.45. The summed E-state index contributed by atoms with van der Waals surface area (Å²) in [5, 5.41) is 0. The zero-order valence-corrected chi connectivity index (χ0v) is 12.3. The third-order valence-electron chi connectivity index (χ3n) is 3.99. The summed E-state index contributed by atoms with van der Waals surface area (Å²) in [6, 6.07) is 9.62. The highest BCUT2D eigenvalue weighted by atomic mass is 16.5. The third-order valence-corrected chi connectivity index (χ3v) is 3.99. The zero-order valence-electron chi connectivity index (χ0n) is 12.3. The summed E-state index contributed by atoms with van der Waals surface area (Å²) in [4.78, 5) is 14.5. The van der Waals surface area contributed by atoms with Crippen molar-refractivity contribution in [3.63, 3.8) is 0 Å². The van der Waals surface area contributed by atoms with E-state index < -0.39 is 0 Å². The molecule has 0 N–H and O–H groups in total. The smallest absolute Gasteiger partial charge is 0.338 e. The van der Waals surface area contributed by atoms with Crippen LogP contribution < -0.4 is 0 Å². The van der Waals surface area contributed by atoms with Crippen molar-refractivity contribution in [1.82, 2.24) is 4.90 Å². The highest BCUT2D eigenvalue weighted by Gasteiger charge is 2.32. The number of likely N-dealkylation sites (tertiary alicyclic amines) is 1. The van der Waals surface area contributed by atoms with Gasteiger partial charge in [0.25, 0.3) is 0 Å². The molecule has 0 aromatic heterocycles. The van der Waals surface area contributed by atoms with Crippen molar-refractivity contribution in [2.45, 2.75) is 32.4 Å². The summed E-state index contributed by atoms with van der Waals surface area (Å²) in [5.74, 6) is 0.130. The Hall–Kier alpha value is -1.61. The lowest BCUT2D eigenvalue weighted by atomic mass is 9.91. The Morgan fingerprint density at radius 2 is 2.10 bits per heavy atom. The lowest BCUT2D eigenvalue weighted by molar-refractivity contribution is -0.0228. The minimum atomic E-state index is -0.216. The van der Waals surface area contributed by atoms with Crippen molar-refractivity contribution in [2.75, 3.05) is 13.1 Å². The first-order valence-electron chi connectivity index (χ1n) is 7.22. The zero-order chi connectivity index (χ0) is 14.5. The van der Waals surface area contributed by atoms with Gasteiger partial charge in [-0.3, -0.25) is 4.90 Å². The monoisotopic (exact) mass is 273 g/mol. The van der Waals surface area contributed by atoms with Gasteiger partial charge in [-0.1, -0.05) is 31.2 Å². The van der Waals surface area contributed by atoms with Gasteiger partial charge in [-0.2, -0.15) is 0 Å². The molecular weight excluding hydrogens is 250 g/mol. The number of benzene rings is 1. The van der Waals surface area contributed by atoms with Crippen LogP contribution >= 0.6 is 0 Å². The van der Waals surface area contributed by atoms with Crippen LogP contribution in [-0.4, -0.2) is 36.1 Å². The second-order valence-electron chi connectivity index (χ2n) is 5.61. The van der Waals surface area contributed by atoms with Crippen LogP contribution in [0, 0.1) is 5.92 Å². The second-order valence-corrected chi connectivity index (χ2v) is 5.61. The molecule has 0 radical (unpaired) electrons. The molecule has 0 bridgehead atoms. The lowest BCUT2D eigenvalue weighted by Crippen LogP contribution is -2.48. The van der Waals surface area contributed by atoms with Gasteiger partial charge in [0.15, 0.2) is 0 Å². The summed E-state index contributed by atoms with van der Waals surface area (Å²) < 4.78 is 5.70. The Kier molecular flexibility index (Phi) is 4.96. The number of piperidine rings is 1. The predicted octanol–water partition coefficient (Wildman–Crippen LogP) is 3.13. The second kappa shape index (κ2) is 6.71. The van der Waals surface area contributed by atoms with Crippen LogP contribution in [0.5, 0.6) is 0 Å². The van der Waals surface area contributed by atoms with Crippen LogP contribution in [-0.2, 0) is 4.74 Å². The van der Waals surface area contributed by atoms with Crippen molar-refractivity contribution in [1.29, 1.82) is 0 Å². The van der Waals surface area contributed by atoms with Crippen LogP contribution in [0.2, 0.25) is 0 Å². The van der Waals surface area contributed by atoms with Gasteiger partial charge in [0.1, 0.15) is 6.10 Å². The van der Waals surface area contributed by atoms with Crippen molar-refractivity contribution >= 4 is 5.97 Å². The molecule has 1 fully saturated rings. The largest absolute Gasteiger partial charge is 0.458 e. The molecule has 2 rings (SSSR count). The maximum Gasteiger partial charge on any atom is 0.338 e. The number of carbonyl (C=O) groups is 1. The minimum Gasteiger partial charge on any atom is -0.458 e. The van der Waals surface area contributed by atoms with E-state index in [1.165, 1.54) is 0 Å². The van der Waals surface area contributed by atoms with Crippen molar-refractivity contribution in [3.8, 4) is 0 Å². The van der Waals surface area contributed by atoms with E-state index in [4.69, 9.17) is 4.74 Å². The molecule has 3 nitrogen and oxygen atoms in total. The van der Waals surface area contributed by atoms with Gasteiger partial charge in [0.2, 0.25) is 0 Å². The Bertz CT molecular complexity index is 457. The van der Waals surface area contributed by atoms with Crippen molar-refractivity contribution in [2.24, 2.45) is 5.92 Å². The number of esters is 1. The highest BCUT2D eigenvalue weighted by molar-refractivity contribution is 5.89. The van der Waals surface area contributed by atoms with Crippen LogP contribution in [0.3, 0.4) is 0 Å². The molecule has 3 heteroatoms. The number of nitrogens with zero attached hydrogens (tertiary/aromatic N) is 1. The van der Waals surface area contributed by atoms with Crippen LogP contribution in [0.25, 0.3) is 0 Å². The van der Waals surface area contributed by atoms with Gasteiger partial charge < -0.3 is 4.74 Å². The Balaban J connectivity index is 1.97. The molecule has 108 valence electrons. The number of ether oxygens (including phenoxy) is 1. The molecule has 0 amide bonds. The standard InChI is InChI=1S/C17H23NO2/c1-4-10-18-12-13(2)16(11-14(18)3)20-17(19)15-8-6-5-7-9-15/h4-9,13-14,16H,1,10-12H2,2-3H3. The Morgan fingerprint density at radius 3 is 2.75 bits per heavy atom. The van der Waals surface area contributed by atoms with Gasteiger partial charge in [0.05, 0.1) is 5.56 Å². The maximum absolute atomic E-state index is 12.1. The van der Waals surface area contributed by atoms with Crippen LogP contribution in [0.4, 0.5) is 0 Å². The quantitative estimate of drug-likeness (QED) is 0.623. The Labute approximate surface area is 121 Å². The van der Waals surface area contributed by atoms with Gasteiger partial charge in [-0.25, -0.2) is 4.79 Å². The molecule has 1 saturated heterocycles. The molecule has 1 aromatic carbocycles. The molecule has 1 heterocycles. The summed E-state index contributed by atoms with van der Waals surface area (Å²) in [7, 11) is 0. The normalized spacial score (nSPS) is 27.0. The molecule has 20 heavy (non-hydrogen) atoms. The fraction of sp³-hybridized carbons (Fsp3) is 0.471. The van der Waals surface area contributed by atoms with E-state index in [9.17, 15) is 4.79 Å². The first-order valence-corrected chi connectivity index (χ1v) is 7.22. The molecular formula is C17H23NO2. The topological polar surface area (TPSA) is 29.5 Å². The molecule has 1 aliphatic rings. The third kappa shape index (κ3) is 3.48. The van der Waals surface area contributed by atoms with E-state index in [2.05, 4.69) is 25.3 Å².